The molecule has 1 unspecified atom stereocenters. The highest BCUT2D eigenvalue weighted by Crippen LogP contribution is 2.38. The lowest BCUT2D eigenvalue weighted by Gasteiger charge is -2.36. The van der Waals surface area contributed by atoms with Gasteiger partial charge in [-0.3, -0.25) is 4.79 Å². The van der Waals surface area contributed by atoms with Gasteiger partial charge in [-0.05, 0) is 77.7 Å². The molecule has 1 fully saturated rings. The van der Waals surface area contributed by atoms with Crippen LogP contribution in [0.1, 0.15) is 87.2 Å². The molecule has 1 amide bonds. The number of hydrogen-bond donors (Lipinski definition) is 1. The third-order valence-corrected chi connectivity index (χ3v) is 6.96. The standard InChI is InChI=1S/C25H33NO3S/c1-17-10-12-18(13-11-17)23(27)26(19-8-6-5-7-9-19)21-16-20(14-15-25(2,3)4)30-22(21)24(28)29/h5-6,16-19H,7-13H2,1-4H3,(H,28,29)/t17-,18-,19?. The number of nitrogens with zero attached hydrogens (tertiary/aromatic N) is 1. The average molecular weight is 428 g/mol. The Morgan fingerprint density at radius 2 is 1.83 bits per heavy atom. The van der Waals surface area contributed by atoms with Gasteiger partial charge in [0.15, 0.2) is 0 Å². The monoisotopic (exact) mass is 427 g/mol. The smallest absolute Gasteiger partial charge is 0.348 e. The number of aromatic carboxylic acids is 1. The quantitative estimate of drug-likeness (QED) is 0.466. The molecule has 1 atom stereocenters. The SMILES string of the molecule is CC(C)(C)C#Cc1cc(N(C(=O)[C@H]2CC[C@H](C)CC2)C2CC=CCC2)c(C(=O)O)s1. The predicted octanol–water partition coefficient (Wildman–Crippen LogP) is 6.11. The first-order chi connectivity index (χ1) is 14.2. The Balaban J connectivity index is 2.00. The van der Waals surface area contributed by atoms with Gasteiger partial charge in [-0.15, -0.1) is 11.3 Å². The summed E-state index contributed by atoms with van der Waals surface area (Å²) in [5.41, 5.74) is 0.366. The van der Waals surface area contributed by atoms with E-state index >= 15 is 0 Å². The van der Waals surface area contributed by atoms with Crippen molar-refractivity contribution in [3.8, 4) is 11.8 Å². The Kier molecular flexibility index (Phi) is 7.08. The topological polar surface area (TPSA) is 57.6 Å². The molecule has 1 saturated carbocycles. The number of anilines is 1. The second-order valence-electron chi connectivity index (χ2n) is 9.73. The second-order valence-corrected chi connectivity index (χ2v) is 10.8. The molecule has 0 aromatic carbocycles. The lowest BCUT2D eigenvalue weighted by molar-refractivity contribution is -0.124. The fourth-order valence-electron chi connectivity index (χ4n) is 4.24. The first-order valence-electron chi connectivity index (χ1n) is 11.0. The van der Waals surface area contributed by atoms with E-state index in [-0.39, 0.29) is 28.2 Å². The number of hydrogen-bond acceptors (Lipinski definition) is 3. The molecule has 0 radical (unpaired) electrons. The van der Waals surface area contributed by atoms with Gasteiger partial charge in [-0.25, -0.2) is 4.79 Å². The number of carboxylic acids is 1. The molecule has 1 heterocycles. The molecule has 0 bridgehead atoms. The maximum absolute atomic E-state index is 13.7. The lowest BCUT2D eigenvalue weighted by atomic mass is 9.82. The van der Waals surface area contributed by atoms with Gasteiger partial charge < -0.3 is 10.0 Å². The molecule has 0 aliphatic heterocycles. The Morgan fingerprint density at radius 3 is 2.40 bits per heavy atom. The summed E-state index contributed by atoms with van der Waals surface area (Å²) in [5.74, 6) is 6.08. The van der Waals surface area contributed by atoms with E-state index in [2.05, 4.69) is 30.9 Å². The average Bonchev–Trinajstić information content (AvgIpc) is 3.12. The van der Waals surface area contributed by atoms with Crippen molar-refractivity contribution < 1.29 is 14.7 Å². The molecule has 0 saturated heterocycles. The summed E-state index contributed by atoms with van der Waals surface area (Å²) in [6.45, 7) is 8.33. The molecule has 1 aromatic heterocycles. The minimum atomic E-state index is -0.986. The van der Waals surface area contributed by atoms with E-state index < -0.39 is 5.97 Å². The number of carboxylic acid groups (broad SMARTS) is 1. The van der Waals surface area contributed by atoms with Crippen LogP contribution in [0.5, 0.6) is 0 Å². The molecule has 1 N–H and O–H groups in total. The number of rotatable bonds is 4. The minimum absolute atomic E-state index is 0.0120. The van der Waals surface area contributed by atoms with Crippen LogP contribution in [0.3, 0.4) is 0 Å². The highest BCUT2D eigenvalue weighted by Gasteiger charge is 2.35. The van der Waals surface area contributed by atoms with Crippen molar-refractivity contribution in [3.05, 3.63) is 28.0 Å². The zero-order valence-electron chi connectivity index (χ0n) is 18.5. The molecule has 3 rings (SSSR count). The highest BCUT2D eigenvalue weighted by molar-refractivity contribution is 7.15. The Morgan fingerprint density at radius 1 is 1.13 bits per heavy atom. The summed E-state index contributed by atoms with van der Waals surface area (Å²) in [6.07, 6.45) is 10.7. The van der Waals surface area contributed by atoms with Gasteiger partial charge in [0.1, 0.15) is 4.88 Å². The van der Waals surface area contributed by atoms with Crippen LogP contribution in [0.4, 0.5) is 5.69 Å². The first-order valence-corrected chi connectivity index (χ1v) is 11.9. The number of carbonyl (C=O) groups is 2. The summed E-state index contributed by atoms with van der Waals surface area (Å²) >= 11 is 1.18. The van der Waals surface area contributed by atoms with Gasteiger partial charge in [-0.1, -0.05) is 30.9 Å². The fourth-order valence-corrected chi connectivity index (χ4v) is 5.08. The summed E-state index contributed by atoms with van der Waals surface area (Å²) in [7, 11) is 0. The summed E-state index contributed by atoms with van der Waals surface area (Å²) in [5, 5.41) is 9.89. The van der Waals surface area contributed by atoms with E-state index in [0.717, 1.165) is 44.9 Å². The van der Waals surface area contributed by atoms with Crippen LogP contribution in [0.15, 0.2) is 18.2 Å². The van der Waals surface area contributed by atoms with E-state index in [4.69, 9.17) is 0 Å². The number of amides is 1. The van der Waals surface area contributed by atoms with Crippen molar-refractivity contribution >= 4 is 28.9 Å². The molecule has 30 heavy (non-hydrogen) atoms. The van der Waals surface area contributed by atoms with Crippen LogP contribution >= 0.6 is 11.3 Å². The van der Waals surface area contributed by atoms with E-state index in [0.29, 0.717) is 16.5 Å². The van der Waals surface area contributed by atoms with Crippen LogP contribution in [0, 0.1) is 29.1 Å². The second kappa shape index (κ2) is 9.39. The van der Waals surface area contributed by atoms with Crippen molar-refractivity contribution in [1.82, 2.24) is 0 Å². The molecule has 0 spiro atoms. The molecule has 4 nitrogen and oxygen atoms in total. The third kappa shape index (κ3) is 5.55. The zero-order valence-corrected chi connectivity index (χ0v) is 19.3. The van der Waals surface area contributed by atoms with E-state index in [1.807, 2.05) is 31.7 Å². The van der Waals surface area contributed by atoms with Crippen molar-refractivity contribution in [2.24, 2.45) is 17.3 Å². The van der Waals surface area contributed by atoms with Gasteiger partial charge in [-0.2, -0.15) is 0 Å². The zero-order chi connectivity index (χ0) is 21.9. The van der Waals surface area contributed by atoms with Gasteiger partial charge in [0.05, 0.1) is 10.6 Å². The first kappa shape index (κ1) is 22.6. The van der Waals surface area contributed by atoms with Crippen LogP contribution in [-0.2, 0) is 4.79 Å². The van der Waals surface area contributed by atoms with E-state index in [1.54, 1.807) is 0 Å². The summed E-state index contributed by atoms with van der Waals surface area (Å²) in [6, 6.07) is 1.84. The summed E-state index contributed by atoms with van der Waals surface area (Å²) in [4.78, 5) is 28.5. The van der Waals surface area contributed by atoms with Crippen molar-refractivity contribution in [2.45, 2.75) is 78.7 Å². The van der Waals surface area contributed by atoms with Gasteiger partial charge in [0.25, 0.3) is 0 Å². The normalized spacial score (nSPS) is 24.1. The maximum atomic E-state index is 13.7. The Bertz CT molecular complexity index is 872. The Hall–Kier alpha value is -2.06. The summed E-state index contributed by atoms with van der Waals surface area (Å²) < 4.78 is 0. The van der Waals surface area contributed by atoms with Gasteiger partial charge in [0.2, 0.25) is 5.91 Å². The van der Waals surface area contributed by atoms with Crippen LogP contribution in [0.25, 0.3) is 0 Å². The molecular weight excluding hydrogens is 394 g/mol. The van der Waals surface area contributed by atoms with Crippen LogP contribution < -0.4 is 4.90 Å². The molecule has 162 valence electrons. The maximum Gasteiger partial charge on any atom is 0.348 e. The van der Waals surface area contributed by atoms with E-state index in [1.165, 1.54) is 11.3 Å². The van der Waals surface area contributed by atoms with Crippen LogP contribution in [-0.4, -0.2) is 23.0 Å². The van der Waals surface area contributed by atoms with Gasteiger partial charge >= 0.3 is 5.97 Å². The molecule has 1 aromatic rings. The minimum Gasteiger partial charge on any atom is -0.477 e. The van der Waals surface area contributed by atoms with E-state index in [9.17, 15) is 14.7 Å². The lowest BCUT2D eigenvalue weighted by Crippen LogP contribution is -2.45. The fraction of sp³-hybridized carbons (Fsp3) is 0.600. The molecule has 2 aliphatic carbocycles. The van der Waals surface area contributed by atoms with Crippen molar-refractivity contribution in [3.63, 3.8) is 0 Å². The largest absolute Gasteiger partial charge is 0.477 e. The van der Waals surface area contributed by atoms with Crippen molar-refractivity contribution in [1.29, 1.82) is 0 Å². The molecule has 2 aliphatic rings. The number of thiophene rings is 1. The number of allylic oxidation sites excluding steroid dienone is 1. The third-order valence-electron chi connectivity index (χ3n) is 5.94. The number of carbonyl (C=O) groups excluding carboxylic acids is 1. The highest BCUT2D eigenvalue weighted by atomic mass is 32.1. The van der Waals surface area contributed by atoms with Gasteiger partial charge in [0, 0.05) is 17.4 Å². The van der Waals surface area contributed by atoms with Crippen molar-refractivity contribution in [2.75, 3.05) is 4.90 Å². The molecular formula is C25H33NO3S. The predicted molar refractivity (Wildman–Crippen MR) is 123 cm³/mol. The Labute approximate surface area is 184 Å². The van der Waals surface area contributed by atoms with Crippen LogP contribution in [0.2, 0.25) is 0 Å². The molecule has 5 heteroatoms.